The zero-order valence-electron chi connectivity index (χ0n) is 12.0. The lowest BCUT2D eigenvalue weighted by atomic mass is 10.1. The van der Waals surface area contributed by atoms with Gasteiger partial charge in [-0.1, -0.05) is 35.5 Å². The number of nitrogens with zero attached hydrogens (tertiary/aromatic N) is 1. The van der Waals surface area contributed by atoms with Crippen molar-refractivity contribution in [3.8, 4) is 0 Å². The molecule has 0 bridgehead atoms. The normalized spacial score (nSPS) is 13.6. The largest absolute Gasteiger partial charge is 0.469 e. The predicted octanol–water partition coefficient (Wildman–Crippen LogP) is 4.02. The molecule has 2 aromatic rings. The first kappa shape index (κ1) is 15.5. The summed E-state index contributed by atoms with van der Waals surface area (Å²) in [6, 6.07) is 13.7. The third-order valence-corrected chi connectivity index (χ3v) is 4.70. The monoisotopic (exact) mass is 303 g/mol. The van der Waals surface area contributed by atoms with Gasteiger partial charge in [-0.25, -0.2) is 0 Å². The average molecular weight is 303 g/mol. The van der Waals surface area contributed by atoms with Crippen LogP contribution in [0.5, 0.6) is 0 Å². The maximum Gasteiger partial charge on any atom is 0.306 e. The molecule has 0 spiro atoms. The molecule has 21 heavy (non-hydrogen) atoms. The second-order valence-corrected chi connectivity index (χ2v) is 6.10. The second kappa shape index (κ2) is 7.22. The third-order valence-electron chi connectivity index (χ3n) is 3.31. The number of carbonyl (C=O) groups is 1. The van der Waals surface area contributed by atoms with E-state index >= 15 is 0 Å². The van der Waals surface area contributed by atoms with Gasteiger partial charge in [-0.05, 0) is 29.8 Å². The van der Waals surface area contributed by atoms with Crippen LogP contribution < -0.4 is 0 Å². The molecule has 2 rings (SSSR count). The van der Waals surface area contributed by atoms with Crippen molar-refractivity contribution in [1.82, 2.24) is 0 Å². The minimum absolute atomic E-state index is 0.168. The molecule has 4 nitrogen and oxygen atoms in total. The van der Waals surface area contributed by atoms with Crippen LogP contribution in [-0.2, 0) is 9.53 Å². The fourth-order valence-corrected chi connectivity index (χ4v) is 3.20. The fraction of sp³-hybridized carbons (Fsp3) is 0.312. The minimum atomic E-state index is -0.458. The number of methoxy groups -OCH3 is 1. The summed E-state index contributed by atoms with van der Waals surface area (Å²) in [5.41, 5.74) is 0. The van der Waals surface area contributed by atoms with Gasteiger partial charge in [0.25, 0.3) is 0 Å². The average Bonchev–Trinajstić information content (AvgIpc) is 2.53. The Labute approximate surface area is 127 Å². The first-order valence-electron chi connectivity index (χ1n) is 6.68. The van der Waals surface area contributed by atoms with Gasteiger partial charge < -0.3 is 4.74 Å². The summed E-state index contributed by atoms with van der Waals surface area (Å²) in [7, 11) is 1.35. The summed E-state index contributed by atoms with van der Waals surface area (Å²) in [4.78, 5) is 23.3. The lowest BCUT2D eigenvalue weighted by Crippen LogP contribution is -2.22. The molecule has 0 aliphatic heterocycles. The van der Waals surface area contributed by atoms with Crippen molar-refractivity contribution in [3.63, 3.8) is 0 Å². The topological polar surface area (TPSA) is 55.7 Å². The smallest absolute Gasteiger partial charge is 0.306 e. The molecule has 2 atom stereocenters. The highest BCUT2D eigenvalue weighted by Gasteiger charge is 2.23. The molecule has 0 radical (unpaired) electrons. The number of nitroso groups, excluding NO2 is 1. The van der Waals surface area contributed by atoms with Crippen LogP contribution in [0.25, 0.3) is 10.8 Å². The van der Waals surface area contributed by atoms with Crippen LogP contribution >= 0.6 is 11.8 Å². The Bertz CT molecular complexity index is 644. The van der Waals surface area contributed by atoms with Crippen molar-refractivity contribution >= 4 is 28.5 Å². The Kier molecular flexibility index (Phi) is 5.33. The van der Waals surface area contributed by atoms with Crippen LogP contribution in [-0.4, -0.2) is 24.4 Å². The molecule has 0 saturated carbocycles. The molecule has 0 aliphatic carbocycles. The Morgan fingerprint density at radius 2 is 1.95 bits per heavy atom. The highest BCUT2D eigenvalue weighted by atomic mass is 32.2. The number of benzene rings is 2. The molecule has 0 saturated heterocycles. The zero-order valence-corrected chi connectivity index (χ0v) is 12.8. The van der Waals surface area contributed by atoms with Crippen LogP contribution in [0.3, 0.4) is 0 Å². The molecule has 110 valence electrons. The van der Waals surface area contributed by atoms with Gasteiger partial charge in [0.1, 0.15) is 6.04 Å². The quantitative estimate of drug-likeness (QED) is 0.459. The van der Waals surface area contributed by atoms with E-state index in [2.05, 4.69) is 16.0 Å². The van der Waals surface area contributed by atoms with E-state index in [-0.39, 0.29) is 17.6 Å². The van der Waals surface area contributed by atoms with Crippen molar-refractivity contribution in [2.75, 3.05) is 7.11 Å². The summed E-state index contributed by atoms with van der Waals surface area (Å²) in [6.45, 7) is 1.72. The van der Waals surface area contributed by atoms with E-state index in [1.165, 1.54) is 18.9 Å². The van der Waals surface area contributed by atoms with Crippen LogP contribution in [0.4, 0.5) is 0 Å². The maximum atomic E-state index is 11.5. The molecule has 0 heterocycles. The highest BCUT2D eigenvalue weighted by molar-refractivity contribution is 8.00. The molecule has 0 fully saturated rings. The molecule has 0 aromatic heterocycles. The number of hydrogen-bond acceptors (Lipinski definition) is 5. The Morgan fingerprint density at radius 3 is 2.62 bits per heavy atom. The number of ether oxygens (including phenoxy) is 1. The van der Waals surface area contributed by atoms with E-state index in [4.69, 9.17) is 0 Å². The molecule has 2 aromatic carbocycles. The van der Waals surface area contributed by atoms with Crippen LogP contribution in [0.15, 0.2) is 52.5 Å². The third kappa shape index (κ3) is 4.04. The highest BCUT2D eigenvalue weighted by Crippen LogP contribution is 2.31. The van der Waals surface area contributed by atoms with Crippen molar-refractivity contribution < 1.29 is 9.53 Å². The summed E-state index contributed by atoms with van der Waals surface area (Å²) in [6.07, 6.45) is 0.168. The summed E-state index contributed by atoms with van der Waals surface area (Å²) >= 11 is 1.49. The van der Waals surface area contributed by atoms with Crippen molar-refractivity contribution in [2.45, 2.75) is 29.5 Å². The van der Waals surface area contributed by atoms with Crippen LogP contribution in [0, 0.1) is 4.91 Å². The number of fused-ring (bicyclic) bond motifs is 1. The Hall–Kier alpha value is -1.88. The molecular formula is C16H17NO3S. The van der Waals surface area contributed by atoms with Gasteiger partial charge in [0.05, 0.1) is 13.5 Å². The van der Waals surface area contributed by atoms with Crippen LogP contribution in [0.1, 0.15) is 13.3 Å². The first-order chi connectivity index (χ1) is 10.1. The molecule has 2 unspecified atom stereocenters. The van der Waals surface area contributed by atoms with Gasteiger partial charge in [-0.3, -0.25) is 4.79 Å². The van der Waals surface area contributed by atoms with E-state index in [9.17, 15) is 9.70 Å². The van der Waals surface area contributed by atoms with Crippen molar-refractivity contribution in [2.24, 2.45) is 5.18 Å². The number of thioether (sulfide) groups is 1. The van der Waals surface area contributed by atoms with E-state index in [0.29, 0.717) is 0 Å². The number of hydrogen-bond donors (Lipinski definition) is 0. The summed E-state index contributed by atoms with van der Waals surface area (Å²) in [5, 5.41) is 5.12. The molecular weight excluding hydrogens is 286 g/mol. The Balaban J connectivity index is 2.20. The van der Waals surface area contributed by atoms with Crippen molar-refractivity contribution in [1.29, 1.82) is 0 Å². The first-order valence-corrected chi connectivity index (χ1v) is 7.56. The SMILES string of the molecule is COC(=O)CC(Sc1ccc2ccccc2c1)C(C)N=O. The second-order valence-electron chi connectivity index (χ2n) is 4.79. The molecule has 0 amide bonds. The molecule has 0 N–H and O–H groups in total. The number of carbonyl (C=O) groups excluding carboxylic acids is 1. The van der Waals surface area contributed by atoms with Gasteiger partial charge in [0.2, 0.25) is 0 Å². The van der Waals surface area contributed by atoms with E-state index < -0.39 is 6.04 Å². The maximum absolute atomic E-state index is 11.5. The fourth-order valence-electron chi connectivity index (χ4n) is 2.04. The predicted molar refractivity (Wildman–Crippen MR) is 85.5 cm³/mol. The van der Waals surface area contributed by atoms with Gasteiger partial charge in [0, 0.05) is 10.1 Å². The van der Waals surface area contributed by atoms with E-state index in [0.717, 1.165) is 15.7 Å². The molecule has 0 aliphatic rings. The van der Waals surface area contributed by atoms with E-state index in [1.54, 1.807) is 6.92 Å². The molecule has 5 heteroatoms. The standard InChI is InChI=1S/C16H17NO3S/c1-11(17-19)15(10-16(18)20-2)21-14-8-7-12-5-3-4-6-13(12)9-14/h3-9,11,15H,10H2,1-2H3. The number of rotatable bonds is 6. The zero-order chi connectivity index (χ0) is 15.2. The van der Waals surface area contributed by atoms with Gasteiger partial charge in [-0.2, -0.15) is 4.91 Å². The minimum Gasteiger partial charge on any atom is -0.469 e. The lowest BCUT2D eigenvalue weighted by Gasteiger charge is -2.17. The Morgan fingerprint density at radius 1 is 1.24 bits per heavy atom. The van der Waals surface area contributed by atoms with Gasteiger partial charge in [-0.15, -0.1) is 11.8 Å². The van der Waals surface area contributed by atoms with E-state index in [1.807, 2.05) is 36.4 Å². The van der Waals surface area contributed by atoms with Crippen LogP contribution in [0.2, 0.25) is 0 Å². The summed E-state index contributed by atoms with van der Waals surface area (Å²) < 4.78 is 4.69. The van der Waals surface area contributed by atoms with Crippen molar-refractivity contribution in [3.05, 3.63) is 47.4 Å². The summed E-state index contributed by atoms with van der Waals surface area (Å²) in [5.74, 6) is -0.330. The lowest BCUT2D eigenvalue weighted by molar-refractivity contribution is -0.140. The van der Waals surface area contributed by atoms with Gasteiger partial charge in [0.15, 0.2) is 0 Å². The van der Waals surface area contributed by atoms with Gasteiger partial charge >= 0.3 is 5.97 Å². The number of esters is 1.